The van der Waals surface area contributed by atoms with Crippen molar-refractivity contribution < 1.29 is 9.53 Å². The molecule has 4 heteroatoms. The third kappa shape index (κ3) is 1.68. The van der Waals surface area contributed by atoms with E-state index in [0.717, 1.165) is 18.5 Å². The fourth-order valence-electron chi connectivity index (χ4n) is 2.36. The number of carbonyl (C=O) groups is 1. The summed E-state index contributed by atoms with van der Waals surface area (Å²) >= 11 is 0. The highest BCUT2D eigenvalue weighted by Gasteiger charge is 2.33. The van der Waals surface area contributed by atoms with Crippen LogP contribution in [0.5, 0.6) is 0 Å². The molecule has 0 aliphatic heterocycles. The van der Waals surface area contributed by atoms with Crippen molar-refractivity contribution in [3.05, 3.63) is 23.0 Å². The van der Waals surface area contributed by atoms with Gasteiger partial charge >= 0.3 is 5.97 Å². The topological polar surface area (TPSA) is 57.2 Å². The van der Waals surface area contributed by atoms with E-state index in [9.17, 15) is 4.79 Å². The third-order valence-corrected chi connectivity index (χ3v) is 3.03. The molecule has 2 rings (SSSR count). The van der Waals surface area contributed by atoms with Gasteiger partial charge in [0.15, 0.2) is 0 Å². The first kappa shape index (κ1) is 11.0. The lowest BCUT2D eigenvalue weighted by Crippen LogP contribution is -2.22. The summed E-state index contributed by atoms with van der Waals surface area (Å²) in [7, 11) is 0. The Bertz CT molecular complexity index is 432. The van der Waals surface area contributed by atoms with Crippen LogP contribution in [0.15, 0.2) is 6.07 Å². The SMILES string of the molecule is CCOC(=O)c1cc2c(n1N)CC(C)(C)C2. The molecular weight excluding hydrogens is 204 g/mol. The number of carbonyl (C=O) groups excluding carboxylic acids is 1. The molecule has 0 unspecified atom stereocenters. The quantitative estimate of drug-likeness (QED) is 0.609. The van der Waals surface area contributed by atoms with Gasteiger partial charge in [0.25, 0.3) is 0 Å². The maximum atomic E-state index is 11.6. The van der Waals surface area contributed by atoms with E-state index in [-0.39, 0.29) is 11.4 Å². The summed E-state index contributed by atoms with van der Waals surface area (Å²) in [4.78, 5) is 11.6. The molecule has 1 heterocycles. The number of rotatable bonds is 2. The van der Waals surface area contributed by atoms with Crippen LogP contribution >= 0.6 is 0 Å². The molecule has 0 radical (unpaired) electrons. The molecule has 1 aliphatic rings. The van der Waals surface area contributed by atoms with Gasteiger partial charge in [-0.2, -0.15) is 0 Å². The molecule has 0 saturated heterocycles. The molecule has 0 bridgehead atoms. The van der Waals surface area contributed by atoms with Crippen LogP contribution in [0.4, 0.5) is 0 Å². The monoisotopic (exact) mass is 222 g/mol. The summed E-state index contributed by atoms with van der Waals surface area (Å²) in [6.07, 6.45) is 1.89. The van der Waals surface area contributed by atoms with E-state index in [4.69, 9.17) is 10.6 Å². The van der Waals surface area contributed by atoms with Crippen LogP contribution in [0.25, 0.3) is 0 Å². The molecule has 16 heavy (non-hydrogen) atoms. The maximum Gasteiger partial charge on any atom is 0.356 e. The first-order chi connectivity index (χ1) is 7.44. The number of nitrogens with two attached hydrogens (primary N) is 1. The zero-order valence-electron chi connectivity index (χ0n) is 10.0. The Labute approximate surface area is 95.3 Å². The zero-order valence-corrected chi connectivity index (χ0v) is 10.0. The second-order valence-electron chi connectivity index (χ2n) is 5.11. The summed E-state index contributed by atoms with van der Waals surface area (Å²) in [5.41, 5.74) is 2.95. The number of aromatic nitrogens is 1. The molecule has 0 aromatic carbocycles. The van der Waals surface area contributed by atoms with Crippen LogP contribution < -0.4 is 5.84 Å². The Morgan fingerprint density at radius 2 is 2.25 bits per heavy atom. The molecule has 1 aromatic heterocycles. The largest absolute Gasteiger partial charge is 0.461 e. The number of nitrogens with zero attached hydrogens (tertiary/aromatic N) is 1. The maximum absolute atomic E-state index is 11.6. The lowest BCUT2D eigenvalue weighted by molar-refractivity contribution is 0.0515. The van der Waals surface area contributed by atoms with Gasteiger partial charge in [-0.25, -0.2) is 4.79 Å². The fourth-order valence-corrected chi connectivity index (χ4v) is 2.36. The lowest BCUT2D eigenvalue weighted by atomic mass is 9.90. The fraction of sp³-hybridized carbons (Fsp3) is 0.583. The summed E-state index contributed by atoms with van der Waals surface area (Å²) in [5.74, 6) is 5.59. The molecule has 2 N–H and O–H groups in total. The van der Waals surface area contributed by atoms with Crippen LogP contribution in [0, 0.1) is 5.41 Å². The average Bonchev–Trinajstić information content (AvgIpc) is 2.62. The first-order valence-corrected chi connectivity index (χ1v) is 5.60. The zero-order chi connectivity index (χ0) is 11.9. The van der Waals surface area contributed by atoms with Crippen LogP contribution in [0.1, 0.15) is 42.5 Å². The van der Waals surface area contributed by atoms with Crippen molar-refractivity contribution in [1.82, 2.24) is 4.68 Å². The number of esters is 1. The van der Waals surface area contributed by atoms with E-state index in [1.807, 2.05) is 6.07 Å². The highest BCUT2D eigenvalue weighted by Crippen LogP contribution is 2.37. The predicted molar refractivity (Wildman–Crippen MR) is 61.7 cm³/mol. The average molecular weight is 222 g/mol. The molecule has 0 atom stereocenters. The van der Waals surface area contributed by atoms with Crippen molar-refractivity contribution in [3.8, 4) is 0 Å². The van der Waals surface area contributed by atoms with E-state index < -0.39 is 0 Å². The van der Waals surface area contributed by atoms with Gasteiger partial charge in [0, 0.05) is 5.69 Å². The van der Waals surface area contributed by atoms with Gasteiger partial charge in [0.05, 0.1) is 6.61 Å². The van der Waals surface area contributed by atoms with Crippen LogP contribution in [0.2, 0.25) is 0 Å². The minimum atomic E-state index is -0.336. The number of hydrogen-bond acceptors (Lipinski definition) is 3. The van der Waals surface area contributed by atoms with Gasteiger partial charge in [0.2, 0.25) is 0 Å². The van der Waals surface area contributed by atoms with Crippen molar-refractivity contribution in [3.63, 3.8) is 0 Å². The Hall–Kier alpha value is -1.45. The van der Waals surface area contributed by atoms with Gasteiger partial charge < -0.3 is 10.6 Å². The van der Waals surface area contributed by atoms with Crippen molar-refractivity contribution in [2.24, 2.45) is 5.41 Å². The Kier molecular flexibility index (Phi) is 2.45. The smallest absolute Gasteiger partial charge is 0.356 e. The van der Waals surface area contributed by atoms with Gasteiger partial charge in [0.1, 0.15) is 5.69 Å². The standard InChI is InChI=1S/C12H18N2O2/c1-4-16-11(15)9-5-8-6-12(2,3)7-10(8)14(9)13/h5H,4,6-7,13H2,1-3H3. The lowest BCUT2D eigenvalue weighted by Gasteiger charge is -2.16. The third-order valence-electron chi connectivity index (χ3n) is 3.03. The summed E-state index contributed by atoms with van der Waals surface area (Å²) in [6.45, 7) is 6.58. The van der Waals surface area contributed by atoms with Crippen LogP contribution in [-0.4, -0.2) is 17.3 Å². The second kappa shape index (κ2) is 3.54. The molecule has 1 aromatic rings. The van der Waals surface area contributed by atoms with Gasteiger partial charge in [-0.1, -0.05) is 13.8 Å². The molecule has 0 amide bonds. The van der Waals surface area contributed by atoms with Crippen molar-refractivity contribution >= 4 is 5.97 Å². The van der Waals surface area contributed by atoms with Crippen LogP contribution in [0.3, 0.4) is 0 Å². The van der Waals surface area contributed by atoms with Crippen molar-refractivity contribution in [1.29, 1.82) is 0 Å². The highest BCUT2D eigenvalue weighted by atomic mass is 16.5. The minimum absolute atomic E-state index is 0.249. The number of ether oxygens (including phenoxy) is 1. The molecule has 4 nitrogen and oxygen atoms in total. The summed E-state index contributed by atoms with van der Waals surface area (Å²) in [5, 5.41) is 0. The predicted octanol–water partition coefficient (Wildman–Crippen LogP) is 1.50. The van der Waals surface area contributed by atoms with Crippen molar-refractivity contribution in [2.75, 3.05) is 12.4 Å². The van der Waals surface area contributed by atoms with Gasteiger partial charge in [-0.3, -0.25) is 4.68 Å². The van der Waals surface area contributed by atoms with Crippen molar-refractivity contribution in [2.45, 2.75) is 33.6 Å². The summed E-state index contributed by atoms with van der Waals surface area (Å²) in [6, 6.07) is 1.86. The van der Waals surface area contributed by atoms with E-state index in [2.05, 4.69) is 13.8 Å². The molecule has 0 spiro atoms. The molecule has 0 fully saturated rings. The summed E-state index contributed by atoms with van der Waals surface area (Å²) < 4.78 is 6.45. The Morgan fingerprint density at radius 1 is 1.56 bits per heavy atom. The molecular formula is C12H18N2O2. The minimum Gasteiger partial charge on any atom is -0.461 e. The molecule has 88 valence electrons. The van der Waals surface area contributed by atoms with E-state index >= 15 is 0 Å². The van der Waals surface area contributed by atoms with E-state index in [1.165, 1.54) is 10.2 Å². The highest BCUT2D eigenvalue weighted by molar-refractivity contribution is 5.88. The van der Waals surface area contributed by atoms with Crippen LogP contribution in [-0.2, 0) is 17.6 Å². The molecule has 0 saturated carbocycles. The Morgan fingerprint density at radius 3 is 2.81 bits per heavy atom. The number of hydrogen-bond donors (Lipinski definition) is 1. The first-order valence-electron chi connectivity index (χ1n) is 5.60. The number of fused-ring (bicyclic) bond motifs is 1. The van der Waals surface area contributed by atoms with E-state index in [1.54, 1.807) is 6.92 Å². The Balaban J connectivity index is 2.31. The van der Waals surface area contributed by atoms with Gasteiger partial charge in [-0.15, -0.1) is 0 Å². The second-order valence-corrected chi connectivity index (χ2v) is 5.11. The molecule has 1 aliphatic carbocycles. The number of nitrogen functional groups attached to an aromatic ring is 1. The van der Waals surface area contributed by atoms with Gasteiger partial charge in [-0.05, 0) is 36.8 Å². The van der Waals surface area contributed by atoms with E-state index in [0.29, 0.717) is 12.3 Å². The normalized spacial score (nSPS) is 17.2.